The van der Waals surface area contributed by atoms with E-state index >= 15 is 0 Å². The summed E-state index contributed by atoms with van der Waals surface area (Å²) in [5.74, 6) is -0.372. The van der Waals surface area contributed by atoms with Crippen molar-refractivity contribution in [2.45, 2.75) is 39.0 Å². The van der Waals surface area contributed by atoms with Crippen LogP contribution in [0.1, 0.15) is 32.8 Å². The number of carbonyl (C=O) groups excluding carboxylic acids is 2. The number of carbonyl (C=O) groups is 2. The van der Waals surface area contributed by atoms with Crippen LogP contribution in [0.25, 0.3) is 0 Å². The van der Waals surface area contributed by atoms with E-state index in [1.807, 2.05) is 38.1 Å². The number of nitrogens with zero attached hydrogens (tertiary/aromatic N) is 1. The average Bonchev–Trinajstić information content (AvgIpc) is 2.46. The lowest BCUT2D eigenvalue weighted by Crippen LogP contribution is -2.44. The van der Waals surface area contributed by atoms with Gasteiger partial charge < -0.3 is 5.32 Å². The van der Waals surface area contributed by atoms with Gasteiger partial charge in [0.25, 0.3) is 0 Å². The molecule has 110 valence electrons. The molecule has 0 bridgehead atoms. The molecule has 1 aromatic rings. The molecule has 0 saturated heterocycles. The zero-order valence-electron chi connectivity index (χ0n) is 12.1. The number of benzene rings is 1. The highest BCUT2D eigenvalue weighted by Crippen LogP contribution is 2.22. The van der Waals surface area contributed by atoms with Crippen molar-refractivity contribution in [3.05, 3.63) is 29.8 Å². The summed E-state index contributed by atoms with van der Waals surface area (Å²) in [6.45, 7) is 5.44. The van der Waals surface area contributed by atoms with Crippen LogP contribution in [-0.4, -0.2) is 23.9 Å². The Morgan fingerprint density at radius 3 is 2.50 bits per heavy atom. The standard InChI is InChI=1S/C15H21ClN2O2/c1-4-12-8-6-7-9-14(12)18(10-17-11(3)19)15(20)13(16)5-2/h6-9,13H,4-5,10H2,1-3H3,(H,17,19). The minimum atomic E-state index is -0.589. The Hall–Kier alpha value is -1.55. The minimum absolute atomic E-state index is 0.133. The van der Waals surface area contributed by atoms with Gasteiger partial charge in [-0.25, -0.2) is 0 Å². The summed E-state index contributed by atoms with van der Waals surface area (Å²) in [6, 6.07) is 7.65. The van der Waals surface area contributed by atoms with Crippen LogP contribution in [0.3, 0.4) is 0 Å². The summed E-state index contributed by atoms with van der Waals surface area (Å²) in [5, 5.41) is 2.07. The summed E-state index contributed by atoms with van der Waals surface area (Å²) < 4.78 is 0. The molecule has 2 amide bonds. The number of hydrogen-bond donors (Lipinski definition) is 1. The van der Waals surface area contributed by atoms with Crippen molar-refractivity contribution in [2.24, 2.45) is 0 Å². The Bertz CT molecular complexity index is 477. The molecular weight excluding hydrogens is 276 g/mol. The van der Waals surface area contributed by atoms with Gasteiger partial charge in [-0.05, 0) is 24.5 Å². The molecule has 0 heterocycles. The number of nitrogens with one attached hydrogen (secondary N) is 1. The second-order valence-electron chi connectivity index (χ2n) is 4.52. The van der Waals surface area contributed by atoms with Crippen LogP contribution in [0.15, 0.2) is 24.3 Å². The molecule has 1 rings (SSSR count). The molecule has 0 aliphatic heterocycles. The zero-order chi connectivity index (χ0) is 15.1. The summed E-state index contributed by atoms with van der Waals surface area (Å²) in [5.41, 5.74) is 1.85. The zero-order valence-corrected chi connectivity index (χ0v) is 12.9. The summed E-state index contributed by atoms with van der Waals surface area (Å²) >= 11 is 6.07. The number of hydrogen-bond acceptors (Lipinski definition) is 2. The maximum atomic E-state index is 12.4. The number of anilines is 1. The molecule has 1 unspecified atom stereocenters. The van der Waals surface area contributed by atoms with E-state index in [0.29, 0.717) is 6.42 Å². The molecule has 4 nitrogen and oxygen atoms in total. The number of para-hydroxylation sites is 1. The Labute approximate surface area is 125 Å². The lowest BCUT2D eigenvalue weighted by Gasteiger charge is -2.26. The molecule has 0 spiro atoms. The van der Waals surface area contributed by atoms with E-state index in [9.17, 15) is 9.59 Å². The monoisotopic (exact) mass is 296 g/mol. The molecule has 20 heavy (non-hydrogen) atoms. The molecule has 0 aliphatic carbocycles. The van der Waals surface area contributed by atoms with Gasteiger partial charge in [-0.15, -0.1) is 11.6 Å². The van der Waals surface area contributed by atoms with E-state index in [2.05, 4.69) is 5.32 Å². The molecular formula is C15H21ClN2O2. The van der Waals surface area contributed by atoms with E-state index in [-0.39, 0.29) is 18.5 Å². The van der Waals surface area contributed by atoms with Gasteiger partial charge in [-0.2, -0.15) is 0 Å². The van der Waals surface area contributed by atoms with Crippen molar-refractivity contribution in [3.63, 3.8) is 0 Å². The molecule has 0 radical (unpaired) electrons. The SMILES string of the molecule is CCc1ccccc1N(CNC(C)=O)C(=O)C(Cl)CC. The number of halogens is 1. The topological polar surface area (TPSA) is 49.4 Å². The lowest BCUT2D eigenvalue weighted by atomic mass is 10.1. The molecule has 0 fully saturated rings. The Morgan fingerprint density at radius 1 is 1.30 bits per heavy atom. The molecule has 5 heteroatoms. The first kappa shape index (κ1) is 16.5. The molecule has 1 atom stereocenters. The number of alkyl halides is 1. The predicted octanol–water partition coefficient (Wildman–Crippen LogP) is 2.69. The van der Waals surface area contributed by atoms with Gasteiger partial charge >= 0.3 is 0 Å². The maximum Gasteiger partial charge on any atom is 0.246 e. The van der Waals surface area contributed by atoms with Crippen LogP contribution in [-0.2, 0) is 16.0 Å². The van der Waals surface area contributed by atoms with Crippen LogP contribution in [0.2, 0.25) is 0 Å². The van der Waals surface area contributed by atoms with Gasteiger partial charge in [-0.1, -0.05) is 32.0 Å². The smallest absolute Gasteiger partial charge is 0.246 e. The predicted molar refractivity (Wildman–Crippen MR) is 81.9 cm³/mol. The Balaban J connectivity index is 3.08. The average molecular weight is 297 g/mol. The quantitative estimate of drug-likeness (QED) is 0.648. The highest BCUT2D eigenvalue weighted by Gasteiger charge is 2.23. The normalized spacial score (nSPS) is 11.8. The van der Waals surface area contributed by atoms with Crippen molar-refractivity contribution in [1.82, 2.24) is 5.32 Å². The molecule has 0 aromatic heterocycles. The first-order chi connectivity index (χ1) is 9.51. The summed E-state index contributed by atoms with van der Waals surface area (Å²) in [7, 11) is 0. The second-order valence-corrected chi connectivity index (χ2v) is 5.04. The molecule has 1 N–H and O–H groups in total. The van der Waals surface area contributed by atoms with Gasteiger partial charge in [0.1, 0.15) is 5.38 Å². The first-order valence-electron chi connectivity index (χ1n) is 6.79. The minimum Gasteiger partial charge on any atom is -0.338 e. The van der Waals surface area contributed by atoms with Gasteiger partial charge in [-0.3, -0.25) is 14.5 Å². The molecule has 1 aromatic carbocycles. The highest BCUT2D eigenvalue weighted by atomic mass is 35.5. The van der Waals surface area contributed by atoms with Crippen molar-refractivity contribution in [3.8, 4) is 0 Å². The highest BCUT2D eigenvalue weighted by molar-refractivity contribution is 6.32. The number of amides is 2. The second kappa shape index (κ2) is 7.90. The summed E-state index contributed by atoms with van der Waals surface area (Å²) in [4.78, 5) is 25.1. The maximum absolute atomic E-state index is 12.4. The van der Waals surface area contributed by atoms with Crippen LogP contribution in [0.4, 0.5) is 5.69 Å². The van der Waals surface area contributed by atoms with E-state index < -0.39 is 5.38 Å². The fourth-order valence-electron chi connectivity index (χ4n) is 1.89. The Kier molecular flexibility index (Phi) is 6.52. The summed E-state index contributed by atoms with van der Waals surface area (Å²) in [6.07, 6.45) is 1.35. The van der Waals surface area contributed by atoms with Gasteiger partial charge in [0.2, 0.25) is 11.8 Å². The fraction of sp³-hybridized carbons (Fsp3) is 0.467. The fourth-order valence-corrected chi connectivity index (χ4v) is 2.01. The van der Waals surface area contributed by atoms with Crippen LogP contribution in [0, 0.1) is 0 Å². The van der Waals surface area contributed by atoms with Gasteiger partial charge in [0.15, 0.2) is 0 Å². The number of aryl methyl sites for hydroxylation is 1. The Morgan fingerprint density at radius 2 is 1.95 bits per heavy atom. The van der Waals surface area contributed by atoms with Crippen LogP contribution >= 0.6 is 11.6 Å². The van der Waals surface area contributed by atoms with Crippen molar-refractivity contribution in [2.75, 3.05) is 11.6 Å². The number of rotatable bonds is 6. The van der Waals surface area contributed by atoms with Crippen molar-refractivity contribution in [1.29, 1.82) is 0 Å². The van der Waals surface area contributed by atoms with Crippen molar-refractivity contribution >= 4 is 29.1 Å². The van der Waals surface area contributed by atoms with Crippen LogP contribution < -0.4 is 10.2 Å². The van der Waals surface area contributed by atoms with E-state index in [4.69, 9.17) is 11.6 Å². The largest absolute Gasteiger partial charge is 0.338 e. The third-order valence-corrected chi connectivity index (χ3v) is 3.54. The third-order valence-electron chi connectivity index (χ3n) is 3.04. The molecule has 0 saturated carbocycles. The van der Waals surface area contributed by atoms with Crippen molar-refractivity contribution < 1.29 is 9.59 Å². The molecule has 0 aliphatic rings. The van der Waals surface area contributed by atoms with E-state index in [1.165, 1.54) is 6.92 Å². The first-order valence-corrected chi connectivity index (χ1v) is 7.22. The lowest BCUT2D eigenvalue weighted by molar-refractivity contribution is -0.119. The van der Waals surface area contributed by atoms with Gasteiger partial charge in [0.05, 0.1) is 6.67 Å². The van der Waals surface area contributed by atoms with E-state index in [1.54, 1.807) is 4.90 Å². The third kappa shape index (κ3) is 4.23. The van der Waals surface area contributed by atoms with E-state index in [0.717, 1.165) is 17.7 Å². The van der Waals surface area contributed by atoms with Gasteiger partial charge in [0, 0.05) is 12.6 Å². The van der Waals surface area contributed by atoms with Crippen LogP contribution in [0.5, 0.6) is 0 Å².